The number of fused-ring (bicyclic) bond motifs is 1. The first kappa shape index (κ1) is 24.8. The van der Waals surface area contributed by atoms with Gasteiger partial charge in [0, 0.05) is 50.4 Å². The molecule has 1 N–H and O–H groups in total. The second-order valence-corrected chi connectivity index (χ2v) is 9.10. The Labute approximate surface area is 212 Å². The molecule has 0 radical (unpaired) electrons. The van der Waals surface area contributed by atoms with Gasteiger partial charge in [-0.05, 0) is 29.8 Å². The van der Waals surface area contributed by atoms with Gasteiger partial charge in [0.15, 0.2) is 11.7 Å². The van der Waals surface area contributed by atoms with Gasteiger partial charge in [0.05, 0.1) is 20.3 Å². The van der Waals surface area contributed by atoms with Crippen molar-refractivity contribution < 1.29 is 27.4 Å². The highest BCUT2D eigenvalue weighted by Gasteiger charge is 2.47. The van der Waals surface area contributed by atoms with E-state index in [1.54, 1.807) is 36.3 Å². The number of aromatic nitrogens is 2. The molecule has 37 heavy (non-hydrogen) atoms. The highest BCUT2D eigenvalue weighted by atomic mass is 19.4. The van der Waals surface area contributed by atoms with E-state index in [1.165, 1.54) is 13.2 Å². The Hall–Kier alpha value is -3.89. The van der Waals surface area contributed by atoms with E-state index < -0.39 is 18.3 Å². The summed E-state index contributed by atoms with van der Waals surface area (Å²) in [5, 5.41) is 7.26. The van der Waals surface area contributed by atoms with Gasteiger partial charge >= 0.3 is 6.18 Å². The molecular formula is C26H28F3N5O3. The van der Waals surface area contributed by atoms with Crippen LogP contribution in [0.15, 0.2) is 54.6 Å². The molecule has 196 valence electrons. The van der Waals surface area contributed by atoms with Gasteiger partial charge in [0.25, 0.3) is 5.91 Å². The Bertz CT molecular complexity index is 1250. The lowest BCUT2D eigenvalue weighted by Gasteiger charge is -2.36. The van der Waals surface area contributed by atoms with Crippen LogP contribution in [-0.4, -0.2) is 67.2 Å². The molecule has 0 aliphatic carbocycles. The summed E-state index contributed by atoms with van der Waals surface area (Å²) in [5.74, 6) is 1.17. The van der Waals surface area contributed by atoms with Gasteiger partial charge in [0.2, 0.25) is 0 Å². The summed E-state index contributed by atoms with van der Waals surface area (Å²) in [6.45, 7) is 2.05. The topological polar surface area (TPSA) is 71.9 Å². The summed E-state index contributed by atoms with van der Waals surface area (Å²) >= 11 is 0. The molecule has 3 aromatic rings. The van der Waals surface area contributed by atoms with Gasteiger partial charge in [0.1, 0.15) is 17.3 Å². The Balaban J connectivity index is 1.32. The molecule has 1 aromatic heterocycles. The zero-order valence-corrected chi connectivity index (χ0v) is 20.5. The van der Waals surface area contributed by atoms with Crippen molar-refractivity contribution in [3.8, 4) is 11.5 Å². The van der Waals surface area contributed by atoms with E-state index in [4.69, 9.17) is 9.47 Å². The molecule has 0 bridgehead atoms. The molecule has 1 amide bonds. The molecule has 1 fully saturated rings. The number of hydrogen-bond donors (Lipinski definition) is 1. The molecule has 8 nitrogen and oxygen atoms in total. The Kier molecular flexibility index (Phi) is 6.61. The molecule has 5 rings (SSSR count). The first-order chi connectivity index (χ1) is 17.8. The average molecular weight is 516 g/mol. The number of ether oxygens (including phenoxy) is 2. The quantitative estimate of drug-likeness (QED) is 0.539. The molecule has 0 unspecified atom stereocenters. The van der Waals surface area contributed by atoms with Crippen LogP contribution in [0.4, 0.5) is 24.7 Å². The summed E-state index contributed by atoms with van der Waals surface area (Å²) in [6.07, 6.45) is -4.76. The minimum atomic E-state index is -4.52. The molecule has 3 heterocycles. The van der Waals surface area contributed by atoms with Crippen LogP contribution in [0.25, 0.3) is 0 Å². The fourth-order valence-electron chi connectivity index (χ4n) is 4.87. The number of anilines is 2. The lowest BCUT2D eigenvalue weighted by atomic mass is 9.97. The van der Waals surface area contributed by atoms with Crippen LogP contribution in [0.1, 0.15) is 34.6 Å². The number of benzene rings is 2. The van der Waals surface area contributed by atoms with Crippen molar-refractivity contribution in [3.05, 3.63) is 65.9 Å². The van der Waals surface area contributed by atoms with Crippen LogP contribution in [0.3, 0.4) is 0 Å². The summed E-state index contributed by atoms with van der Waals surface area (Å²) in [7, 11) is 3.14. The molecule has 11 heteroatoms. The fraction of sp³-hybridized carbons (Fsp3) is 0.385. The van der Waals surface area contributed by atoms with Crippen LogP contribution in [-0.2, 0) is 0 Å². The van der Waals surface area contributed by atoms with Crippen LogP contribution >= 0.6 is 0 Å². The first-order valence-corrected chi connectivity index (χ1v) is 12.0. The number of methoxy groups -OCH3 is 2. The number of piperazine rings is 1. The first-order valence-electron chi connectivity index (χ1n) is 12.0. The second-order valence-electron chi connectivity index (χ2n) is 9.10. The van der Waals surface area contributed by atoms with Crippen molar-refractivity contribution in [1.29, 1.82) is 0 Å². The van der Waals surface area contributed by atoms with Gasteiger partial charge in [-0.1, -0.05) is 18.2 Å². The van der Waals surface area contributed by atoms with E-state index in [0.29, 0.717) is 37.5 Å². The van der Waals surface area contributed by atoms with Crippen molar-refractivity contribution in [2.75, 3.05) is 50.6 Å². The average Bonchev–Trinajstić information content (AvgIpc) is 3.36. The van der Waals surface area contributed by atoms with Crippen molar-refractivity contribution in [2.45, 2.75) is 24.7 Å². The summed E-state index contributed by atoms with van der Waals surface area (Å²) in [5.41, 5.74) is 1.69. The third-order valence-electron chi connectivity index (χ3n) is 6.91. The number of nitrogens with one attached hydrogen (secondary N) is 1. The predicted molar refractivity (Wildman–Crippen MR) is 132 cm³/mol. The SMILES string of the molecule is COc1ccc([C@@H]2C[C@@H](C(F)(F)F)n3nc(C(=O)N4CCN(c5cccc(OC)c5)CC4)cc3N2)cc1. The Morgan fingerprint density at radius 2 is 1.68 bits per heavy atom. The number of carbonyl (C=O) groups excluding carboxylic acids is 1. The molecule has 2 aliphatic heterocycles. The largest absolute Gasteiger partial charge is 0.497 e. The number of hydrogen-bond acceptors (Lipinski definition) is 6. The van der Waals surface area contributed by atoms with Gasteiger partial charge in [-0.2, -0.15) is 18.3 Å². The highest BCUT2D eigenvalue weighted by Crippen LogP contribution is 2.44. The van der Waals surface area contributed by atoms with Crippen molar-refractivity contribution in [2.24, 2.45) is 0 Å². The van der Waals surface area contributed by atoms with E-state index in [0.717, 1.165) is 16.1 Å². The van der Waals surface area contributed by atoms with Crippen molar-refractivity contribution in [3.63, 3.8) is 0 Å². The molecule has 2 atom stereocenters. The number of nitrogens with zero attached hydrogens (tertiary/aromatic N) is 4. The normalized spacial score (nSPS) is 19.7. The molecule has 2 aromatic carbocycles. The second kappa shape index (κ2) is 9.87. The maximum absolute atomic E-state index is 14.0. The maximum atomic E-state index is 14.0. The van der Waals surface area contributed by atoms with Gasteiger partial charge in [-0.25, -0.2) is 4.68 Å². The molecule has 2 aliphatic rings. The smallest absolute Gasteiger partial charge is 0.410 e. The Morgan fingerprint density at radius 1 is 0.973 bits per heavy atom. The van der Waals surface area contributed by atoms with Crippen molar-refractivity contribution in [1.82, 2.24) is 14.7 Å². The molecule has 1 saturated heterocycles. The Morgan fingerprint density at radius 3 is 2.32 bits per heavy atom. The third kappa shape index (κ3) is 5.03. The standard InChI is InChI=1S/C26H28F3N5O3/c1-36-19-8-6-17(7-9-19)21-15-23(26(27,28)29)34-24(30-21)16-22(31-34)25(35)33-12-10-32(11-13-33)18-4-3-5-20(14-18)37-2/h3-9,14,16,21,23,30H,10-13,15H2,1-2H3/t21-,23-/m0/s1. The summed E-state index contributed by atoms with van der Waals surface area (Å²) in [4.78, 5) is 17.0. The van der Waals surface area contributed by atoms with E-state index in [-0.39, 0.29) is 23.8 Å². The maximum Gasteiger partial charge on any atom is 0.410 e. The van der Waals surface area contributed by atoms with E-state index in [1.807, 2.05) is 24.3 Å². The van der Waals surface area contributed by atoms with Gasteiger partial charge in [-0.3, -0.25) is 4.79 Å². The number of alkyl halides is 3. The zero-order valence-electron chi connectivity index (χ0n) is 20.5. The molecular weight excluding hydrogens is 487 g/mol. The van der Waals surface area contributed by atoms with Gasteiger partial charge < -0.3 is 24.6 Å². The monoisotopic (exact) mass is 515 g/mol. The summed E-state index contributed by atoms with van der Waals surface area (Å²) < 4.78 is 53.4. The molecule has 0 spiro atoms. The zero-order chi connectivity index (χ0) is 26.2. The van der Waals surface area contributed by atoms with Crippen LogP contribution in [0.5, 0.6) is 11.5 Å². The van der Waals surface area contributed by atoms with Crippen LogP contribution in [0, 0.1) is 0 Å². The predicted octanol–water partition coefficient (Wildman–Crippen LogP) is 4.52. The van der Waals surface area contributed by atoms with E-state index >= 15 is 0 Å². The lowest BCUT2D eigenvalue weighted by Crippen LogP contribution is -2.49. The van der Waals surface area contributed by atoms with Crippen molar-refractivity contribution >= 4 is 17.4 Å². The van der Waals surface area contributed by atoms with E-state index in [9.17, 15) is 18.0 Å². The molecule has 0 saturated carbocycles. The number of carbonyl (C=O) groups is 1. The summed E-state index contributed by atoms with van der Waals surface area (Å²) in [6, 6.07) is 13.6. The lowest BCUT2D eigenvalue weighted by molar-refractivity contribution is -0.173. The van der Waals surface area contributed by atoms with Crippen LogP contribution in [0.2, 0.25) is 0 Å². The minimum absolute atomic E-state index is 0.00182. The third-order valence-corrected chi connectivity index (χ3v) is 6.91. The number of rotatable bonds is 5. The fourth-order valence-corrected chi connectivity index (χ4v) is 4.87. The van der Waals surface area contributed by atoms with E-state index in [2.05, 4.69) is 15.3 Å². The number of amides is 1. The van der Waals surface area contributed by atoms with Gasteiger partial charge in [-0.15, -0.1) is 0 Å². The highest BCUT2D eigenvalue weighted by molar-refractivity contribution is 5.93. The minimum Gasteiger partial charge on any atom is -0.497 e. The number of halogens is 3. The van der Waals surface area contributed by atoms with Crippen LogP contribution < -0.4 is 19.7 Å².